The zero-order valence-electron chi connectivity index (χ0n) is 16.0. The third kappa shape index (κ3) is 4.16. The quantitative estimate of drug-likeness (QED) is 0.714. The maximum absolute atomic E-state index is 11.7. The van der Waals surface area contributed by atoms with Crippen molar-refractivity contribution in [1.82, 2.24) is 14.8 Å². The molecule has 27 heavy (non-hydrogen) atoms. The summed E-state index contributed by atoms with van der Waals surface area (Å²) < 4.78 is 7.69. The van der Waals surface area contributed by atoms with E-state index in [1.54, 1.807) is 12.3 Å². The minimum absolute atomic E-state index is 0.0651. The lowest BCUT2D eigenvalue weighted by Crippen LogP contribution is -2.15. The number of ether oxygens (including phenoxy) is 1. The van der Waals surface area contributed by atoms with Crippen molar-refractivity contribution in [2.45, 2.75) is 39.8 Å². The number of hydrogen-bond acceptors (Lipinski definition) is 4. The predicted octanol–water partition coefficient (Wildman–Crippen LogP) is 4.08. The molecule has 0 fully saturated rings. The van der Waals surface area contributed by atoms with Gasteiger partial charge in [-0.05, 0) is 51.5 Å². The standard InChI is InChI=1S/C21H24N4O2/c1-13(2)25-12-18(11-24-25)17-7-16(9-23-10-17)15-5-6-19(21(22)26)20(8-15)27-14(3)4/h5-14H,1-4H3,(H2,22,26). The van der Waals surface area contributed by atoms with E-state index in [2.05, 4.69) is 23.9 Å². The molecule has 0 bridgehead atoms. The molecule has 6 nitrogen and oxygen atoms in total. The van der Waals surface area contributed by atoms with Gasteiger partial charge in [-0.25, -0.2) is 0 Å². The predicted molar refractivity (Wildman–Crippen MR) is 106 cm³/mol. The Balaban J connectivity index is 2.00. The van der Waals surface area contributed by atoms with E-state index in [1.807, 2.05) is 55.3 Å². The number of nitrogens with zero attached hydrogens (tertiary/aromatic N) is 3. The molecule has 0 spiro atoms. The summed E-state index contributed by atoms with van der Waals surface area (Å²) in [5.41, 5.74) is 9.65. The number of rotatable bonds is 6. The number of primary amides is 1. The Labute approximate surface area is 159 Å². The summed E-state index contributed by atoms with van der Waals surface area (Å²) >= 11 is 0. The Morgan fingerprint density at radius 3 is 2.30 bits per heavy atom. The Kier molecular flexibility index (Phi) is 5.26. The molecule has 1 amide bonds. The largest absolute Gasteiger partial charge is 0.490 e. The molecule has 0 saturated heterocycles. The Morgan fingerprint density at radius 1 is 1.00 bits per heavy atom. The van der Waals surface area contributed by atoms with Crippen molar-refractivity contribution < 1.29 is 9.53 Å². The first-order chi connectivity index (χ1) is 12.8. The average Bonchev–Trinajstić information content (AvgIpc) is 3.11. The second-order valence-corrected chi connectivity index (χ2v) is 7.01. The van der Waals surface area contributed by atoms with E-state index in [-0.39, 0.29) is 6.10 Å². The SMILES string of the molecule is CC(C)Oc1cc(-c2cncc(-c3cnn(C(C)C)c3)c2)ccc1C(N)=O. The van der Waals surface area contributed by atoms with Gasteiger partial charge < -0.3 is 10.5 Å². The maximum atomic E-state index is 11.7. The van der Waals surface area contributed by atoms with Crippen molar-refractivity contribution in [3.8, 4) is 28.0 Å². The Hall–Kier alpha value is -3.15. The zero-order valence-corrected chi connectivity index (χ0v) is 16.0. The van der Waals surface area contributed by atoms with E-state index < -0.39 is 5.91 Å². The molecule has 3 rings (SSSR count). The molecule has 6 heteroatoms. The van der Waals surface area contributed by atoms with Crippen LogP contribution in [0.25, 0.3) is 22.3 Å². The van der Waals surface area contributed by atoms with Gasteiger partial charge in [0.1, 0.15) is 5.75 Å². The van der Waals surface area contributed by atoms with E-state index in [1.165, 1.54) is 0 Å². The summed E-state index contributed by atoms with van der Waals surface area (Å²) in [6.45, 7) is 7.99. The second kappa shape index (κ2) is 7.61. The smallest absolute Gasteiger partial charge is 0.252 e. The molecule has 3 aromatic rings. The van der Waals surface area contributed by atoms with Crippen LogP contribution in [0.3, 0.4) is 0 Å². The molecular formula is C21H24N4O2. The van der Waals surface area contributed by atoms with Crippen LogP contribution in [-0.4, -0.2) is 26.8 Å². The van der Waals surface area contributed by atoms with E-state index in [0.29, 0.717) is 17.4 Å². The molecule has 140 valence electrons. The summed E-state index contributed by atoms with van der Waals surface area (Å²) in [7, 11) is 0. The Bertz CT molecular complexity index is 960. The molecule has 2 aromatic heterocycles. The number of amides is 1. The number of nitrogens with two attached hydrogens (primary N) is 1. The van der Waals surface area contributed by atoms with Crippen LogP contribution in [0.5, 0.6) is 5.75 Å². The van der Waals surface area contributed by atoms with Gasteiger partial charge in [0.05, 0.1) is 17.9 Å². The van der Waals surface area contributed by atoms with Gasteiger partial charge in [0, 0.05) is 41.3 Å². The highest BCUT2D eigenvalue weighted by Crippen LogP contribution is 2.30. The van der Waals surface area contributed by atoms with Crippen molar-refractivity contribution in [1.29, 1.82) is 0 Å². The number of carbonyl (C=O) groups is 1. The third-order valence-corrected chi connectivity index (χ3v) is 4.15. The van der Waals surface area contributed by atoms with Crippen LogP contribution < -0.4 is 10.5 Å². The van der Waals surface area contributed by atoms with Crippen molar-refractivity contribution in [2.75, 3.05) is 0 Å². The highest BCUT2D eigenvalue weighted by atomic mass is 16.5. The topological polar surface area (TPSA) is 83.0 Å². The van der Waals surface area contributed by atoms with Crippen LogP contribution in [0.4, 0.5) is 0 Å². The lowest BCUT2D eigenvalue weighted by atomic mass is 10.0. The van der Waals surface area contributed by atoms with Gasteiger partial charge in [-0.2, -0.15) is 5.10 Å². The summed E-state index contributed by atoms with van der Waals surface area (Å²) in [5, 5.41) is 4.39. The molecule has 0 atom stereocenters. The Morgan fingerprint density at radius 2 is 1.70 bits per heavy atom. The van der Waals surface area contributed by atoms with E-state index in [9.17, 15) is 4.79 Å². The van der Waals surface area contributed by atoms with Crippen molar-refractivity contribution in [3.05, 3.63) is 54.6 Å². The van der Waals surface area contributed by atoms with Gasteiger partial charge in [0.15, 0.2) is 0 Å². The number of hydrogen-bond donors (Lipinski definition) is 1. The van der Waals surface area contributed by atoms with Crippen molar-refractivity contribution in [3.63, 3.8) is 0 Å². The van der Waals surface area contributed by atoms with E-state index in [0.717, 1.165) is 22.3 Å². The first kappa shape index (κ1) is 18.6. The lowest BCUT2D eigenvalue weighted by Gasteiger charge is -2.14. The fraction of sp³-hybridized carbons (Fsp3) is 0.286. The van der Waals surface area contributed by atoms with Crippen LogP contribution in [0.15, 0.2) is 49.1 Å². The molecule has 0 aliphatic rings. The summed E-state index contributed by atoms with van der Waals surface area (Å²) in [6, 6.07) is 7.72. The number of aromatic nitrogens is 3. The van der Waals surface area contributed by atoms with Crippen molar-refractivity contribution in [2.24, 2.45) is 5.73 Å². The normalized spacial score (nSPS) is 11.2. The molecule has 0 aliphatic heterocycles. The van der Waals surface area contributed by atoms with Crippen molar-refractivity contribution >= 4 is 5.91 Å². The van der Waals surface area contributed by atoms with Gasteiger partial charge >= 0.3 is 0 Å². The average molecular weight is 364 g/mol. The van der Waals surface area contributed by atoms with Gasteiger partial charge in [0.2, 0.25) is 0 Å². The lowest BCUT2D eigenvalue weighted by molar-refractivity contribution is 0.0994. The second-order valence-electron chi connectivity index (χ2n) is 7.01. The molecule has 0 unspecified atom stereocenters. The monoisotopic (exact) mass is 364 g/mol. The van der Waals surface area contributed by atoms with Gasteiger partial charge in [0.25, 0.3) is 5.91 Å². The molecule has 2 N–H and O–H groups in total. The number of carbonyl (C=O) groups excluding carboxylic acids is 1. The first-order valence-corrected chi connectivity index (χ1v) is 8.95. The molecule has 0 aliphatic carbocycles. The summed E-state index contributed by atoms with van der Waals surface area (Å²) in [6.07, 6.45) is 7.38. The summed E-state index contributed by atoms with van der Waals surface area (Å²) in [5.74, 6) is -0.0294. The first-order valence-electron chi connectivity index (χ1n) is 8.95. The zero-order chi connectivity index (χ0) is 19.6. The summed E-state index contributed by atoms with van der Waals surface area (Å²) in [4.78, 5) is 16.0. The van der Waals surface area contributed by atoms with Gasteiger partial charge in [-0.1, -0.05) is 6.07 Å². The highest BCUT2D eigenvalue weighted by molar-refractivity contribution is 5.96. The molecule has 2 heterocycles. The van der Waals surface area contributed by atoms with Crippen LogP contribution in [0.1, 0.15) is 44.1 Å². The molecular weight excluding hydrogens is 340 g/mol. The van der Waals surface area contributed by atoms with Gasteiger partial charge in [-0.3, -0.25) is 14.5 Å². The van der Waals surface area contributed by atoms with E-state index >= 15 is 0 Å². The fourth-order valence-corrected chi connectivity index (χ4v) is 2.78. The minimum atomic E-state index is -0.509. The number of benzene rings is 1. The van der Waals surface area contributed by atoms with Crippen LogP contribution >= 0.6 is 0 Å². The molecule has 1 aromatic carbocycles. The number of pyridine rings is 1. The fourth-order valence-electron chi connectivity index (χ4n) is 2.78. The minimum Gasteiger partial charge on any atom is -0.490 e. The third-order valence-electron chi connectivity index (χ3n) is 4.15. The van der Waals surface area contributed by atoms with Crippen LogP contribution in [0, 0.1) is 0 Å². The molecule has 0 radical (unpaired) electrons. The highest BCUT2D eigenvalue weighted by Gasteiger charge is 2.13. The van der Waals surface area contributed by atoms with Crippen LogP contribution in [0.2, 0.25) is 0 Å². The maximum Gasteiger partial charge on any atom is 0.252 e. The molecule has 0 saturated carbocycles. The van der Waals surface area contributed by atoms with E-state index in [4.69, 9.17) is 10.5 Å². The van der Waals surface area contributed by atoms with Gasteiger partial charge in [-0.15, -0.1) is 0 Å². The van der Waals surface area contributed by atoms with Crippen LogP contribution in [-0.2, 0) is 0 Å².